The number of nitrogens with zero attached hydrogens (tertiary/aromatic N) is 6. The number of benzene rings is 1. The summed E-state index contributed by atoms with van der Waals surface area (Å²) in [4.78, 5) is 23.4. The first-order valence-electron chi connectivity index (χ1n) is 14.9. The number of terminal acetylenes is 1. The fourth-order valence-corrected chi connectivity index (χ4v) is 5.95. The van der Waals surface area contributed by atoms with E-state index in [1.54, 1.807) is 21.5 Å². The average Bonchev–Trinajstić information content (AvgIpc) is 3.37. The second-order valence-electron chi connectivity index (χ2n) is 10.5. The van der Waals surface area contributed by atoms with Gasteiger partial charge in [-0.3, -0.25) is 13.6 Å². The molecule has 5 rings (SSSR count). The monoisotopic (exact) mass is 615 g/mol. The first-order chi connectivity index (χ1) is 21.2. The number of anilines is 3. The molecule has 1 unspecified atom stereocenters. The molecule has 0 spiro atoms. The zero-order valence-electron chi connectivity index (χ0n) is 26.8. The standard InChI is InChI=1S/C23H30N6O.C9H13NOS.C2H2/c1-5-7-18-19(17(2)3)16-22(26(4)23(18)30)28-12-6-11-27(14-15-28)20-9-13-29-21(25-20)8-10-24-29;1-3-10-8-6-4-5-7-9(8)12(2)11;1-2/h7-10,13,16H,5-6,11-12,14-15H2,1-4H3;4-7,10H,3H2,1-2H3;1-2H/b18-7+;;. The Bertz CT molecular complexity index is 1770. The summed E-state index contributed by atoms with van der Waals surface area (Å²) >= 11 is 0. The van der Waals surface area contributed by atoms with E-state index in [1.807, 2.05) is 62.6 Å². The molecule has 0 aliphatic carbocycles. The van der Waals surface area contributed by atoms with Gasteiger partial charge in [0, 0.05) is 63.5 Å². The predicted molar refractivity (Wildman–Crippen MR) is 185 cm³/mol. The third-order valence-corrected chi connectivity index (χ3v) is 8.32. The molecule has 44 heavy (non-hydrogen) atoms. The Morgan fingerprint density at radius 3 is 2.43 bits per heavy atom. The smallest absolute Gasteiger partial charge is 0.259 e. The van der Waals surface area contributed by atoms with Gasteiger partial charge in [0.05, 0.1) is 27.6 Å². The third-order valence-electron chi connectivity index (χ3n) is 7.34. The van der Waals surface area contributed by atoms with Crippen molar-refractivity contribution in [3.05, 3.63) is 75.6 Å². The highest BCUT2D eigenvalue weighted by Crippen LogP contribution is 2.19. The van der Waals surface area contributed by atoms with Crippen molar-refractivity contribution in [3.63, 3.8) is 0 Å². The molecule has 1 aliphatic heterocycles. The normalized spacial score (nSPS) is 14.1. The van der Waals surface area contributed by atoms with E-state index < -0.39 is 10.8 Å². The zero-order chi connectivity index (χ0) is 32.2. The molecule has 0 bridgehead atoms. The Hall–Kier alpha value is -4.36. The maximum absolute atomic E-state index is 13.1. The lowest BCUT2D eigenvalue weighted by atomic mass is 10.1. The summed E-state index contributed by atoms with van der Waals surface area (Å²) in [7, 11) is 0.982. The average molecular weight is 616 g/mol. The van der Waals surface area contributed by atoms with Crippen LogP contribution in [0.2, 0.25) is 0 Å². The van der Waals surface area contributed by atoms with E-state index in [2.05, 4.69) is 59.9 Å². The Morgan fingerprint density at radius 2 is 1.75 bits per heavy atom. The SMILES string of the molecule is C#C.CC/C=c1\c(=C(C)C)cc(N2CCCN(c3ccn4nccc4n3)CC2)n(C)c1=O.CCNc1ccccc1S(C)=O. The highest BCUT2D eigenvalue weighted by molar-refractivity contribution is 7.84. The van der Waals surface area contributed by atoms with Gasteiger partial charge in [0.1, 0.15) is 11.6 Å². The van der Waals surface area contributed by atoms with E-state index in [1.165, 1.54) is 5.57 Å². The minimum Gasteiger partial charge on any atom is -0.384 e. The molecule has 4 aromatic rings. The molecular formula is C34H45N7O2S. The van der Waals surface area contributed by atoms with Crippen LogP contribution in [0.3, 0.4) is 0 Å². The van der Waals surface area contributed by atoms with Gasteiger partial charge in [-0.15, -0.1) is 12.8 Å². The first kappa shape index (κ1) is 34.1. The number of nitrogens with one attached hydrogen (secondary N) is 1. The summed E-state index contributed by atoms with van der Waals surface area (Å²) in [6.45, 7) is 12.7. The van der Waals surface area contributed by atoms with Crippen molar-refractivity contribution in [2.24, 2.45) is 7.05 Å². The summed E-state index contributed by atoms with van der Waals surface area (Å²) in [5, 5.41) is 9.27. The largest absolute Gasteiger partial charge is 0.384 e. The highest BCUT2D eigenvalue weighted by atomic mass is 32.2. The van der Waals surface area contributed by atoms with Gasteiger partial charge in [-0.1, -0.05) is 30.7 Å². The van der Waals surface area contributed by atoms with E-state index in [0.717, 1.165) is 83.9 Å². The summed E-state index contributed by atoms with van der Waals surface area (Å²) in [6.07, 6.45) is 17.3. The molecule has 1 aromatic carbocycles. The molecule has 1 aliphatic rings. The number of rotatable bonds is 6. The second kappa shape index (κ2) is 16.5. The summed E-state index contributed by atoms with van der Waals surface area (Å²) in [5.41, 5.74) is 3.08. The fourth-order valence-electron chi connectivity index (χ4n) is 5.23. The number of pyridine rings is 1. The summed E-state index contributed by atoms with van der Waals surface area (Å²) < 4.78 is 14.8. The third kappa shape index (κ3) is 8.17. The Labute approximate surface area is 263 Å². The molecule has 0 radical (unpaired) electrons. The minimum atomic E-state index is -0.904. The lowest BCUT2D eigenvalue weighted by Crippen LogP contribution is -2.47. The van der Waals surface area contributed by atoms with E-state index in [4.69, 9.17) is 4.98 Å². The molecule has 4 heterocycles. The van der Waals surface area contributed by atoms with Crippen LogP contribution in [0.15, 0.2) is 64.5 Å². The summed E-state index contributed by atoms with van der Waals surface area (Å²) in [5.74, 6) is 1.97. The van der Waals surface area contributed by atoms with Crippen LogP contribution < -0.4 is 31.1 Å². The quantitative estimate of drug-likeness (QED) is 0.332. The molecule has 1 atom stereocenters. The van der Waals surface area contributed by atoms with E-state index in [0.29, 0.717) is 0 Å². The zero-order valence-corrected chi connectivity index (χ0v) is 27.6. The van der Waals surface area contributed by atoms with E-state index in [-0.39, 0.29) is 5.56 Å². The van der Waals surface area contributed by atoms with Crippen molar-refractivity contribution in [1.82, 2.24) is 19.2 Å². The molecule has 0 amide bonds. The molecule has 1 N–H and O–H groups in total. The van der Waals surface area contributed by atoms with Gasteiger partial charge in [-0.25, -0.2) is 9.50 Å². The number of hydrogen-bond donors (Lipinski definition) is 1. The van der Waals surface area contributed by atoms with Crippen LogP contribution in [-0.2, 0) is 17.8 Å². The van der Waals surface area contributed by atoms with Crippen molar-refractivity contribution in [3.8, 4) is 12.8 Å². The Balaban J connectivity index is 0.000000317. The maximum Gasteiger partial charge on any atom is 0.259 e. The van der Waals surface area contributed by atoms with Gasteiger partial charge in [0.25, 0.3) is 5.56 Å². The maximum atomic E-state index is 13.1. The van der Waals surface area contributed by atoms with Gasteiger partial charge >= 0.3 is 0 Å². The Kier molecular flexibility index (Phi) is 12.8. The van der Waals surface area contributed by atoms with E-state index >= 15 is 0 Å². The topological polar surface area (TPSA) is 87.8 Å². The van der Waals surface area contributed by atoms with Crippen LogP contribution in [0, 0.1) is 12.8 Å². The molecule has 3 aromatic heterocycles. The minimum absolute atomic E-state index is 0.0829. The molecule has 1 saturated heterocycles. The van der Waals surface area contributed by atoms with Gasteiger partial charge in [0.15, 0.2) is 5.65 Å². The van der Waals surface area contributed by atoms with Gasteiger partial charge in [0.2, 0.25) is 0 Å². The second-order valence-corrected chi connectivity index (χ2v) is 11.9. The van der Waals surface area contributed by atoms with Crippen LogP contribution in [-0.4, -0.2) is 62.4 Å². The lowest BCUT2D eigenvalue weighted by Gasteiger charge is -2.26. The van der Waals surface area contributed by atoms with Crippen LogP contribution in [0.25, 0.3) is 17.3 Å². The van der Waals surface area contributed by atoms with Crippen LogP contribution >= 0.6 is 0 Å². The molecule has 9 nitrogen and oxygen atoms in total. The highest BCUT2D eigenvalue weighted by Gasteiger charge is 2.19. The number of para-hydroxylation sites is 1. The fraction of sp³-hybridized carbons (Fsp3) is 0.382. The Morgan fingerprint density at radius 1 is 1.05 bits per heavy atom. The van der Waals surface area contributed by atoms with Crippen molar-refractivity contribution >= 4 is 45.4 Å². The first-order valence-corrected chi connectivity index (χ1v) is 16.5. The molecule has 0 saturated carbocycles. The summed E-state index contributed by atoms with van der Waals surface area (Å²) in [6, 6.07) is 13.8. The van der Waals surface area contributed by atoms with Gasteiger partial charge in [-0.2, -0.15) is 5.10 Å². The number of fused-ring (bicyclic) bond motifs is 1. The van der Waals surface area contributed by atoms with Crippen LogP contribution in [0.1, 0.15) is 40.5 Å². The number of aromatic nitrogens is 4. The molecule has 10 heteroatoms. The van der Waals surface area contributed by atoms with Crippen molar-refractivity contribution in [2.45, 2.75) is 45.4 Å². The molecule has 1 fully saturated rings. The lowest BCUT2D eigenvalue weighted by molar-refractivity contribution is 0.687. The molecule has 234 valence electrons. The molecular weight excluding hydrogens is 570 g/mol. The van der Waals surface area contributed by atoms with E-state index in [9.17, 15) is 9.00 Å². The van der Waals surface area contributed by atoms with Crippen molar-refractivity contribution in [2.75, 3.05) is 54.1 Å². The number of hydrogen-bond acceptors (Lipinski definition) is 7. The van der Waals surface area contributed by atoms with Crippen LogP contribution in [0.4, 0.5) is 17.3 Å². The van der Waals surface area contributed by atoms with Crippen LogP contribution in [0.5, 0.6) is 0 Å². The van der Waals surface area contributed by atoms with Crippen molar-refractivity contribution < 1.29 is 4.21 Å². The van der Waals surface area contributed by atoms with Gasteiger partial charge < -0.3 is 15.1 Å². The predicted octanol–water partition coefficient (Wildman–Crippen LogP) is 3.63. The van der Waals surface area contributed by atoms with Crippen molar-refractivity contribution in [1.29, 1.82) is 0 Å². The van der Waals surface area contributed by atoms with Gasteiger partial charge in [-0.05, 0) is 63.1 Å².